The lowest BCUT2D eigenvalue weighted by atomic mass is 10.2. The molecule has 0 spiro atoms. The topological polar surface area (TPSA) is 90.7 Å². The maximum absolute atomic E-state index is 12.0. The molecule has 30 heavy (non-hydrogen) atoms. The largest absolute Gasteiger partial charge is 0.356 e. The SMILES string of the molecule is CN=C(NCCCc1nnc2n1CCCCC2)N1CCN(CC(=O)NC2CC2)CC1. The average Bonchev–Trinajstić information content (AvgIpc) is 3.53. The molecule has 3 heterocycles. The van der Waals surface area contributed by atoms with Crippen molar-refractivity contribution in [1.29, 1.82) is 0 Å². The Hall–Kier alpha value is -2.16. The summed E-state index contributed by atoms with van der Waals surface area (Å²) in [6.45, 7) is 6.03. The Kier molecular flexibility index (Phi) is 7.20. The van der Waals surface area contributed by atoms with Crippen LogP contribution in [0.15, 0.2) is 4.99 Å². The molecule has 0 atom stereocenters. The van der Waals surface area contributed by atoms with E-state index in [4.69, 9.17) is 0 Å². The fraction of sp³-hybridized carbons (Fsp3) is 0.810. The van der Waals surface area contributed by atoms with Crippen molar-refractivity contribution in [2.45, 2.75) is 64.0 Å². The second-order valence-electron chi connectivity index (χ2n) is 8.68. The molecule has 9 heteroatoms. The molecule has 4 rings (SSSR count). The summed E-state index contributed by atoms with van der Waals surface area (Å²) in [4.78, 5) is 21.0. The summed E-state index contributed by atoms with van der Waals surface area (Å²) in [7, 11) is 1.84. The first-order valence-corrected chi connectivity index (χ1v) is 11.6. The monoisotopic (exact) mass is 416 g/mol. The third-order valence-electron chi connectivity index (χ3n) is 6.24. The van der Waals surface area contributed by atoms with Gasteiger partial charge in [0.15, 0.2) is 5.96 Å². The minimum Gasteiger partial charge on any atom is -0.356 e. The van der Waals surface area contributed by atoms with E-state index in [0.717, 1.165) is 89.0 Å². The second-order valence-corrected chi connectivity index (χ2v) is 8.68. The number of piperazine rings is 1. The van der Waals surface area contributed by atoms with Crippen LogP contribution in [0.25, 0.3) is 0 Å². The number of aliphatic imine (C=N–C) groups is 1. The second kappa shape index (κ2) is 10.2. The Labute approximate surface area is 179 Å². The van der Waals surface area contributed by atoms with Crippen molar-refractivity contribution in [3.63, 3.8) is 0 Å². The van der Waals surface area contributed by atoms with Gasteiger partial charge in [-0.2, -0.15) is 0 Å². The standard InChI is InChI=1S/C21H36N8O/c1-22-21(28-14-12-27(13-15-28)16-20(30)24-17-8-9-17)23-10-5-7-19-26-25-18-6-3-2-4-11-29(18)19/h17H,2-16H2,1H3,(H,22,23)(H,24,30). The number of carbonyl (C=O) groups excluding carboxylic acids is 1. The van der Waals surface area contributed by atoms with Crippen molar-refractivity contribution >= 4 is 11.9 Å². The van der Waals surface area contributed by atoms with Gasteiger partial charge in [-0.05, 0) is 32.1 Å². The van der Waals surface area contributed by atoms with E-state index in [9.17, 15) is 4.79 Å². The van der Waals surface area contributed by atoms with Crippen LogP contribution in [-0.4, -0.2) is 88.8 Å². The Balaban J connectivity index is 1.16. The Bertz CT molecular complexity index is 733. The minimum atomic E-state index is 0.167. The molecule has 0 aromatic carbocycles. The number of aromatic nitrogens is 3. The van der Waals surface area contributed by atoms with E-state index in [2.05, 4.69) is 40.2 Å². The van der Waals surface area contributed by atoms with Crippen molar-refractivity contribution < 1.29 is 4.79 Å². The first-order chi connectivity index (χ1) is 14.7. The summed E-state index contributed by atoms with van der Waals surface area (Å²) < 4.78 is 2.33. The highest BCUT2D eigenvalue weighted by Gasteiger charge is 2.26. The molecule has 3 aliphatic rings. The fourth-order valence-corrected chi connectivity index (χ4v) is 4.33. The van der Waals surface area contributed by atoms with E-state index < -0.39 is 0 Å². The summed E-state index contributed by atoms with van der Waals surface area (Å²) in [5.74, 6) is 3.41. The van der Waals surface area contributed by atoms with Gasteiger partial charge in [0.25, 0.3) is 0 Å². The van der Waals surface area contributed by atoms with Crippen LogP contribution in [0.4, 0.5) is 0 Å². The average molecular weight is 417 g/mol. The molecule has 166 valence electrons. The van der Waals surface area contributed by atoms with Crippen LogP contribution in [0, 0.1) is 0 Å². The summed E-state index contributed by atoms with van der Waals surface area (Å²) in [5, 5.41) is 15.4. The highest BCUT2D eigenvalue weighted by atomic mass is 16.2. The Morgan fingerprint density at radius 1 is 1.10 bits per heavy atom. The van der Waals surface area contributed by atoms with E-state index in [1.807, 2.05) is 7.05 Å². The first-order valence-electron chi connectivity index (χ1n) is 11.6. The maximum atomic E-state index is 12.0. The van der Waals surface area contributed by atoms with E-state index in [0.29, 0.717) is 12.6 Å². The number of aryl methyl sites for hydroxylation is 2. The van der Waals surface area contributed by atoms with Gasteiger partial charge in [-0.15, -0.1) is 10.2 Å². The number of carbonyl (C=O) groups is 1. The summed E-state index contributed by atoms with van der Waals surface area (Å²) in [6.07, 6.45) is 9.05. The maximum Gasteiger partial charge on any atom is 0.234 e. The smallest absolute Gasteiger partial charge is 0.234 e. The fourth-order valence-electron chi connectivity index (χ4n) is 4.33. The molecule has 0 radical (unpaired) electrons. The number of nitrogens with zero attached hydrogens (tertiary/aromatic N) is 6. The van der Waals surface area contributed by atoms with Gasteiger partial charge < -0.3 is 20.1 Å². The molecule has 9 nitrogen and oxygen atoms in total. The third-order valence-corrected chi connectivity index (χ3v) is 6.24. The number of guanidine groups is 1. The summed E-state index contributed by atoms with van der Waals surface area (Å²) >= 11 is 0. The molecule has 2 fully saturated rings. The van der Waals surface area contributed by atoms with Crippen LogP contribution in [0.3, 0.4) is 0 Å². The Morgan fingerprint density at radius 2 is 1.93 bits per heavy atom. The number of amides is 1. The van der Waals surface area contributed by atoms with E-state index in [1.165, 1.54) is 19.3 Å². The van der Waals surface area contributed by atoms with Crippen LogP contribution in [0.1, 0.15) is 50.2 Å². The van der Waals surface area contributed by atoms with Gasteiger partial charge >= 0.3 is 0 Å². The van der Waals surface area contributed by atoms with Gasteiger partial charge in [-0.3, -0.25) is 14.7 Å². The highest BCUT2D eigenvalue weighted by Crippen LogP contribution is 2.18. The highest BCUT2D eigenvalue weighted by molar-refractivity contribution is 5.80. The number of fused-ring (bicyclic) bond motifs is 1. The zero-order valence-electron chi connectivity index (χ0n) is 18.3. The van der Waals surface area contributed by atoms with Crippen molar-refractivity contribution in [3.05, 3.63) is 11.6 Å². The van der Waals surface area contributed by atoms with Gasteiger partial charge in [0, 0.05) is 65.2 Å². The molecule has 0 unspecified atom stereocenters. The molecule has 1 aliphatic carbocycles. The predicted molar refractivity (Wildman–Crippen MR) is 116 cm³/mol. The number of hydrogen-bond donors (Lipinski definition) is 2. The number of nitrogens with one attached hydrogen (secondary N) is 2. The van der Waals surface area contributed by atoms with Gasteiger partial charge in [0.2, 0.25) is 5.91 Å². The molecule has 1 aromatic rings. The number of hydrogen-bond acceptors (Lipinski definition) is 5. The molecule has 0 bridgehead atoms. The third kappa shape index (κ3) is 5.71. The van der Waals surface area contributed by atoms with Crippen LogP contribution in [0.5, 0.6) is 0 Å². The molecule has 1 saturated carbocycles. The van der Waals surface area contributed by atoms with Gasteiger partial charge in [-0.25, -0.2) is 0 Å². The predicted octanol–water partition coefficient (Wildman–Crippen LogP) is 0.409. The minimum absolute atomic E-state index is 0.167. The molecule has 2 N–H and O–H groups in total. The molecular weight excluding hydrogens is 380 g/mol. The molecule has 1 amide bonds. The molecule has 2 aliphatic heterocycles. The van der Waals surface area contributed by atoms with Gasteiger partial charge in [-0.1, -0.05) is 6.42 Å². The van der Waals surface area contributed by atoms with Crippen molar-refractivity contribution in [3.8, 4) is 0 Å². The van der Waals surface area contributed by atoms with E-state index in [-0.39, 0.29) is 5.91 Å². The van der Waals surface area contributed by atoms with Crippen LogP contribution in [0.2, 0.25) is 0 Å². The van der Waals surface area contributed by atoms with Crippen LogP contribution < -0.4 is 10.6 Å². The van der Waals surface area contributed by atoms with E-state index >= 15 is 0 Å². The lowest BCUT2D eigenvalue weighted by molar-refractivity contribution is -0.122. The Morgan fingerprint density at radius 3 is 2.70 bits per heavy atom. The molecule has 1 aromatic heterocycles. The van der Waals surface area contributed by atoms with E-state index in [1.54, 1.807) is 0 Å². The zero-order chi connectivity index (χ0) is 20.8. The van der Waals surface area contributed by atoms with Crippen LogP contribution >= 0.6 is 0 Å². The summed E-state index contributed by atoms with van der Waals surface area (Å²) in [5.41, 5.74) is 0. The first kappa shape index (κ1) is 21.1. The molecule has 1 saturated heterocycles. The van der Waals surface area contributed by atoms with Crippen molar-refractivity contribution in [2.75, 3.05) is 46.3 Å². The number of rotatable bonds is 7. The van der Waals surface area contributed by atoms with Gasteiger partial charge in [0.1, 0.15) is 11.6 Å². The van der Waals surface area contributed by atoms with Crippen LogP contribution in [-0.2, 0) is 24.2 Å². The summed E-state index contributed by atoms with van der Waals surface area (Å²) in [6, 6.07) is 0.439. The lowest BCUT2D eigenvalue weighted by Gasteiger charge is -2.36. The lowest BCUT2D eigenvalue weighted by Crippen LogP contribution is -2.54. The molecular formula is C21H36N8O. The quantitative estimate of drug-likeness (QED) is 0.380. The van der Waals surface area contributed by atoms with Gasteiger partial charge in [0.05, 0.1) is 6.54 Å². The van der Waals surface area contributed by atoms with Crippen molar-refractivity contribution in [2.24, 2.45) is 4.99 Å². The normalized spacial score (nSPS) is 20.6. The van der Waals surface area contributed by atoms with Crippen molar-refractivity contribution in [1.82, 2.24) is 35.2 Å². The zero-order valence-corrected chi connectivity index (χ0v) is 18.3.